The summed E-state index contributed by atoms with van der Waals surface area (Å²) >= 11 is 0. The minimum absolute atomic E-state index is 0.155. The van der Waals surface area contributed by atoms with Crippen molar-refractivity contribution in [1.29, 1.82) is 0 Å². The van der Waals surface area contributed by atoms with Crippen molar-refractivity contribution in [3.8, 4) is 0 Å². The maximum atomic E-state index is 13.0. The van der Waals surface area contributed by atoms with Crippen LogP contribution in [0.15, 0.2) is 24.3 Å². The first-order valence-corrected chi connectivity index (χ1v) is 8.25. The molecule has 2 nitrogen and oxygen atoms in total. The Balaban J connectivity index is 2.05. The Labute approximate surface area is 128 Å². The molecule has 2 atom stereocenters. The van der Waals surface area contributed by atoms with E-state index in [9.17, 15) is 4.39 Å². The molecule has 0 amide bonds. The van der Waals surface area contributed by atoms with Crippen LogP contribution in [0.3, 0.4) is 0 Å². The average molecular weight is 292 g/mol. The highest BCUT2D eigenvalue weighted by molar-refractivity contribution is 5.17. The van der Waals surface area contributed by atoms with Gasteiger partial charge in [0.1, 0.15) is 5.82 Å². The number of nitrogens with one attached hydrogen (secondary N) is 1. The molecule has 0 aliphatic carbocycles. The van der Waals surface area contributed by atoms with Crippen LogP contribution in [-0.4, -0.2) is 35.6 Å². The summed E-state index contributed by atoms with van der Waals surface area (Å²) < 4.78 is 13.0. The number of hydrogen-bond donors (Lipinski definition) is 1. The van der Waals surface area contributed by atoms with Gasteiger partial charge in [-0.15, -0.1) is 0 Å². The van der Waals surface area contributed by atoms with Gasteiger partial charge in [0.05, 0.1) is 0 Å². The highest BCUT2D eigenvalue weighted by Crippen LogP contribution is 2.25. The SMILES string of the molecule is CCC1(CC)CN(C(C)Cc2ccc(F)cc2)C(C)CN1. The highest BCUT2D eigenvalue weighted by atomic mass is 19.1. The molecule has 1 fully saturated rings. The fourth-order valence-corrected chi connectivity index (χ4v) is 3.44. The molecule has 0 saturated carbocycles. The molecule has 0 bridgehead atoms. The maximum absolute atomic E-state index is 13.0. The van der Waals surface area contributed by atoms with Gasteiger partial charge < -0.3 is 5.32 Å². The first-order chi connectivity index (χ1) is 9.99. The van der Waals surface area contributed by atoms with Crippen molar-refractivity contribution in [2.24, 2.45) is 0 Å². The zero-order chi connectivity index (χ0) is 15.5. The Morgan fingerprint density at radius 1 is 1.29 bits per heavy atom. The Hall–Kier alpha value is -0.930. The van der Waals surface area contributed by atoms with Crippen molar-refractivity contribution in [2.45, 2.75) is 64.6 Å². The van der Waals surface area contributed by atoms with E-state index in [-0.39, 0.29) is 11.4 Å². The van der Waals surface area contributed by atoms with Crippen LogP contribution in [0.1, 0.15) is 46.1 Å². The third-order valence-corrected chi connectivity index (χ3v) is 5.19. The number of piperazine rings is 1. The highest BCUT2D eigenvalue weighted by Gasteiger charge is 2.36. The first-order valence-electron chi connectivity index (χ1n) is 8.25. The molecule has 1 saturated heterocycles. The standard InChI is InChI=1S/C18H29FN2/c1-5-18(6-2)13-21(15(4)12-20-18)14(3)11-16-7-9-17(19)10-8-16/h7-10,14-15,20H,5-6,11-13H2,1-4H3. The summed E-state index contributed by atoms with van der Waals surface area (Å²) in [7, 11) is 0. The van der Waals surface area contributed by atoms with Gasteiger partial charge in [0, 0.05) is 30.7 Å². The van der Waals surface area contributed by atoms with Gasteiger partial charge in [-0.3, -0.25) is 4.90 Å². The van der Waals surface area contributed by atoms with Crippen molar-refractivity contribution in [2.75, 3.05) is 13.1 Å². The normalized spacial score (nSPS) is 24.0. The smallest absolute Gasteiger partial charge is 0.123 e. The largest absolute Gasteiger partial charge is 0.308 e. The zero-order valence-electron chi connectivity index (χ0n) is 13.8. The van der Waals surface area contributed by atoms with E-state index >= 15 is 0 Å². The van der Waals surface area contributed by atoms with Gasteiger partial charge in [-0.1, -0.05) is 26.0 Å². The lowest BCUT2D eigenvalue weighted by atomic mass is 9.87. The molecular weight excluding hydrogens is 263 g/mol. The molecule has 1 heterocycles. The van der Waals surface area contributed by atoms with Crippen LogP contribution in [0.4, 0.5) is 4.39 Å². The molecule has 2 unspecified atom stereocenters. The van der Waals surface area contributed by atoms with Gasteiger partial charge in [0.2, 0.25) is 0 Å². The molecule has 0 aromatic heterocycles. The van der Waals surface area contributed by atoms with Crippen LogP contribution in [0.2, 0.25) is 0 Å². The van der Waals surface area contributed by atoms with Gasteiger partial charge in [-0.25, -0.2) is 4.39 Å². The summed E-state index contributed by atoms with van der Waals surface area (Å²) in [5.74, 6) is -0.155. The second-order valence-electron chi connectivity index (χ2n) is 6.57. The van der Waals surface area contributed by atoms with Crippen molar-refractivity contribution in [1.82, 2.24) is 10.2 Å². The Bertz CT molecular complexity index is 439. The number of benzene rings is 1. The first kappa shape index (κ1) is 16.4. The molecule has 0 spiro atoms. The number of hydrogen-bond acceptors (Lipinski definition) is 2. The molecule has 2 rings (SSSR count). The lowest BCUT2D eigenvalue weighted by molar-refractivity contribution is 0.0501. The van der Waals surface area contributed by atoms with Crippen LogP contribution in [0.5, 0.6) is 0 Å². The summed E-state index contributed by atoms with van der Waals surface area (Å²) in [5, 5.41) is 3.75. The predicted molar refractivity (Wildman–Crippen MR) is 87.0 cm³/mol. The monoisotopic (exact) mass is 292 g/mol. The summed E-state index contributed by atoms with van der Waals surface area (Å²) in [6, 6.07) is 7.96. The van der Waals surface area contributed by atoms with E-state index < -0.39 is 0 Å². The quantitative estimate of drug-likeness (QED) is 0.892. The van der Waals surface area contributed by atoms with Crippen LogP contribution in [-0.2, 0) is 6.42 Å². The van der Waals surface area contributed by atoms with E-state index in [1.54, 1.807) is 12.1 Å². The average Bonchev–Trinajstić information content (AvgIpc) is 2.50. The van der Waals surface area contributed by atoms with E-state index in [1.807, 2.05) is 12.1 Å². The molecule has 21 heavy (non-hydrogen) atoms. The van der Waals surface area contributed by atoms with Crippen LogP contribution >= 0.6 is 0 Å². The van der Waals surface area contributed by atoms with Gasteiger partial charge in [0.15, 0.2) is 0 Å². The number of nitrogens with zero attached hydrogens (tertiary/aromatic N) is 1. The van der Waals surface area contributed by atoms with Crippen molar-refractivity contribution < 1.29 is 4.39 Å². The van der Waals surface area contributed by atoms with Crippen LogP contribution < -0.4 is 5.32 Å². The molecule has 118 valence electrons. The van der Waals surface area contributed by atoms with Gasteiger partial charge in [-0.05, 0) is 50.8 Å². The third kappa shape index (κ3) is 3.83. The fourth-order valence-electron chi connectivity index (χ4n) is 3.44. The summed E-state index contributed by atoms with van der Waals surface area (Å²) in [6.45, 7) is 11.3. The Morgan fingerprint density at radius 2 is 1.90 bits per heavy atom. The predicted octanol–water partition coefficient (Wildman–Crippen LogP) is 3.61. The van der Waals surface area contributed by atoms with Crippen LogP contribution in [0, 0.1) is 5.82 Å². The second kappa shape index (κ2) is 6.89. The summed E-state index contributed by atoms with van der Waals surface area (Å²) in [5.41, 5.74) is 1.47. The molecule has 1 aliphatic heterocycles. The summed E-state index contributed by atoms with van der Waals surface area (Å²) in [4.78, 5) is 2.62. The minimum Gasteiger partial charge on any atom is -0.308 e. The van der Waals surface area contributed by atoms with E-state index in [2.05, 4.69) is 37.9 Å². The topological polar surface area (TPSA) is 15.3 Å². The number of halogens is 1. The number of rotatable bonds is 5. The minimum atomic E-state index is -0.155. The van der Waals surface area contributed by atoms with Gasteiger partial charge in [-0.2, -0.15) is 0 Å². The van der Waals surface area contributed by atoms with Crippen molar-refractivity contribution >= 4 is 0 Å². The zero-order valence-corrected chi connectivity index (χ0v) is 13.8. The van der Waals surface area contributed by atoms with E-state index in [4.69, 9.17) is 0 Å². The molecule has 1 aromatic rings. The van der Waals surface area contributed by atoms with Gasteiger partial charge in [0.25, 0.3) is 0 Å². The third-order valence-electron chi connectivity index (χ3n) is 5.19. The van der Waals surface area contributed by atoms with E-state index in [0.717, 1.165) is 32.4 Å². The molecule has 3 heteroatoms. The molecular formula is C18H29FN2. The Morgan fingerprint density at radius 3 is 2.48 bits per heavy atom. The molecule has 1 aromatic carbocycles. The maximum Gasteiger partial charge on any atom is 0.123 e. The molecule has 1 aliphatic rings. The van der Waals surface area contributed by atoms with E-state index in [0.29, 0.717) is 12.1 Å². The summed E-state index contributed by atoms with van der Waals surface area (Å²) in [6.07, 6.45) is 3.31. The fraction of sp³-hybridized carbons (Fsp3) is 0.667. The van der Waals surface area contributed by atoms with Crippen molar-refractivity contribution in [3.05, 3.63) is 35.6 Å². The molecule has 1 N–H and O–H groups in total. The van der Waals surface area contributed by atoms with Crippen LogP contribution in [0.25, 0.3) is 0 Å². The molecule has 0 radical (unpaired) electrons. The lowest BCUT2D eigenvalue weighted by Crippen LogP contribution is -2.65. The Kier molecular flexibility index (Phi) is 5.39. The van der Waals surface area contributed by atoms with Crippen molar-refractivity contribution in [3.63, 3.8) is 0 Å². The lowest BCUT2D eigenvalue weighted by Gasteiger charge is -2.49. The van der Waals surface area contributed by atoms with E-state index in [1.165, 1.54) is 5.56 Å². The van der Waals surface area contributed by atoms with Gasteiger partial charge >= 0.3 is 0 Å². The second-order valence-corrected chi connectivity index (χ2v) is 6.57.